The monoisotopic (exact) mass is 310 g/mol. The van der Waals surface area contributed by atoms with E-state index in [-0.39, 0.29) is 22.4 Å². The number of ether oxygens (including phenoxy) is 1. The molecule has 0 aromatic heterocycles. The van der Waals surface area contributed by atoms with Crippen LogP contribution in [0.15, 0.2) is 18.2 Å². The summed E-state index contributed by atoms with van der Waals surface area (Å²) in [4.78, 5) is 10.4. The summed E-state index contributed by atoms with van der Waals surface area (Å²) in [5.74, 6) is 0.228. The van der Waals surface area contributed by atoms with Crippen LogP contribution in [0.1, 0.15) is 18.4 Å². The molecule has 1 saturated carbocycles. The maximum absolute atomic E-state index is 10.9. The molecule has 0 saturated heterocycles. The van der Waals surface area contributed by atoms with Crippen molar-refractivity contribution in [3.8, 4) is 11.8 Å². The fourth-order valence-electron chi connectivity index (χ4n) is 1.58. The Morgan fingerprint density at radius 2 is 2.28 bits per heavy atom. The number of rotatable bonds is 5. The highest BCUT2D eigenvalue weighted by Crippen LogP contribution is 2.47. The average molecular weight is 311 g/mol. The van der Waals surface area contributed by atoms with Gasteiger partial charge in [0.25, 0.3) is 0 Å². The third-order valence-corrected chi connectivity index (χ3v) is 4.25. The van der Waals surface area contributed by atoms with Gasteiger partial charge in [-0.05, 0) is 25.0 Å². The van der Waals surface area contributed by atoms with E-state index in [1.807, 2.05) is 6.07 Å². The molecule has 18 heavy (non-hydrogen) atoms. The van der Waals surface area contributed by atoms with Gasteiger partial charge in [0.05, 0.1) is 23.2 Å². The maximum atomic E-state index is 10.9. The molecular formula is C12H11BrN2O3. The minimum Gasteiger partial charge on any atom is -0.486 e. The molecule has 0 amide bonds. The Hall–Kier alpha value is -1.61. The summed E-state index contributed by atoms with van der Waals surface area (Å²) in [6.45, 7) is 0.463. The molecule has 0 aliphatic heterocycles. The van der Waals surface area contributed by atoms with Gasteiger partial charge in [0.15, 0.2) is 5.75 Å². The van der Waals surface area contributed by atoms with Crippen LogP contribution < -0.4 is 4.74 Å². The van der Waals surface area contributed by atoms with Crippen LogP contribution in [-0.2, 0) is 0 Å². The zero-order valence-electron chi connectivity index (χ0n) is 9.56. The molecule has 1 aromatic rings. The summed E-state index contributed by atoms with van der Waals surface area (Å²) in [6.07, 6.45) is 2.14. The van der Waals surface area contributed by atoms with Gasteiger partial charge in [0.1, 0.15) is 0 Å². The Morgan fingerprint density at radius 3 is 2.78 bits per heavy atom. The third-order valence-electron chi connectivity index (χ3n) is 3.06. The SMILES string of the molecule is N#Cc1ccc(OCC2(CBr)CC2)c([N+](=O)[O-])c1. The van der Waals surface area contributed by atoms with Crippen molar-refractivity contribution in [1.82, 2.24) is 0 Å². The van der Waals surface area contributed by atoms with Crippen molar-refractivity contribution >= 4 is 21.6 Å². The van der Waals surface area contributed by atoms with Gasteiger partial charge in [0.2, 0.25) is 0 Å². The summed E-state index contributed by atoms with van der Waals surface area (Å²) in [7, 11) is 0. The van der Waals surface area contributed by atoms with Crippen LogP contribution in [0, 0.1) is 26.9 Å². The van der Waals surface area contributed by atoms with E-state index in [0.717, 1.165) is 18.2 Å². The van der Waals surface area contributed by atoms with Crippen molar-refractivity contribution in [3.05, 3.63) is 33.9 Å². The van der Waals surface area contributed by atoms with E-state index in [1.165, 1.54) is 18.2 Å². The largest absolute Gasteiger partial charge is 0.486 e. The van der Waals surface area contributed by atoms with Gasteiger partial charge in [-0.25, -0.2) is 0 Å². The second kappa shape index (κ2) is 4.94. The summed E-state index contributed by atoms with van der Waals surface area (Å²) in [5, 5.41) is 20.5. The quantitative estimate of drug-likeness (QED) is 0.476. The Labute approximate surface area is 113 Å². The Balaban J connectivity index is 2.17. The Morgan fingerprint density at radius 1 is 1.56 bits per heavy atom. The summed E-state index contributed by atoms with van der Waals surface area (Å²) < 4.78 is 5.54. The summed E-state index contributed by atoms with van der Waals surface area (Å²) in [6, 6.07) is 6.13. The van der Waals surface area contributed by atoms with Crippen molar-refractivity contribution in [3.63, 3.8) is 0 Å². The highest BCUT2D eigenvalue weighted by atomic mass is 79.9. The normalized spacial score (nSPS) is 15.8. The molecule has 1 aliphatic rings. The molecule has 0 spiro atoms. The van der Waals surface area contributed by atoms with Crippen LogP contribution in [-0.4, -0.2) is 16.9 Å². The molecule has 1 aromatic carbocycles. The van der Waals surface area contributed by atoms with Crippen molar-refractivity contribution in [1.29, 1.82) is 5.26 Å². The third kappa shape index (κ3) is 2.62. The molecule has 0 unspecified atom stereocenters. The van der Waals surface area contributed by atoms with Crippen molar-refractivity contribution in [2.24, 2.45) is 5.41 Å². The van der Waals surface area contributed by atoms with E-state index in [0.29, 0.717) is 6.61 Å². The lowest BCUT2D eigenvalue weighted by Crippen LogP contribution is -2.14. The predicted molar refractivity (Wildman–Crippen MR) is 68.8 cm³/mol. The lowest BCUT2D eigenvalue weighted by molar-refractivity contribution is -0.385. The molecule has 94 valence electrons. The first-order valence-electron chi connectivity index (χ1n) is 5.47. The van der Waals surface area contributed by atoms with Gasteiger partial charge in [-0.15, -0.1) is 0 Å². The van der Waals surface area contributed by atoms with Crippen LogP contribution in [0.2, 0.25) is 0 Å². The zero-order chi connectivity index (χ0) is 13.2. The number of nitriles is 1. The number of hydrogen-bond donors (Lipinski definition) is 0. The lowest BCUT2D eigenvalue weighted by Gasteiger charge is -2.13. The van der Waals surface area contributed by atoms with E-state index in [9.17, 15) is 10.1 Å². The van der Waals surface area contributed by atoms with E-state index >= 15 is 0 Å². The highest BCUT2D eigenvalue weighted by molar-refractivity contribution is 9.09. The minimum atomic E-state index is -0.524. The first kappa shape index (κ1) is 12.8. The first-order chi connectivity index (χ1) is 8.60. The molecule has 1 aliphatic carbocycles. The van der Waals surface area contributed by atoms with Gasteiger partial charge in [-0.2, -0.15) is 5.26 Å². The molecule has 0 atom stereocenters. The number of benzene rings is 1. The standard InChI is InChI=1S/C12H11BrN2O3/c13-7-12(3-4-12)8-18-11-2-1-9(6-14)5-10(11)15(16)17/h1-2,5H,3-4,7-8H2. The minimum absolute atomic E-state index is 0.127. The van der Waals surface area contributed by atoms with Crippen LogP contribution in [0.25, 0.3) is 0 Å². The number of alkyl halides is 1. The van der Waals surface area contributed by atoms with Crippen molar-refractivity contribution in [2.75, 3.05) is 11.9 Å². The van der Waals surface area contributed by atoms with Crippen molar-refractivity contribution in [2.45, 2.75) is 12.8 Å². The van der Waals surface area contributed by atoms with Crippen LogP contribution in [0.3, 0.4) is 0 Å². The van der Waals surface area contributed by atoms with E-state index in [1.54, 1.807) is 0 Å². The Kier molecular flexibility index (Phi) is 3.53. The average Bonchev–Trinajstić information content (AvgIpc) is 3.16. The first-order valence-corrected chi connectivity index (χ1v) is 6.60. The van der Waals surface area contributed by atoms with Gasteiger partial charge < -0.3 is 4.74 Å². The Bertz CT molecular complexity index is 521. The molecular weight excluding hydrogens is 300 g/mol. The van der Waals surface area contributed by atoms with Crippen molar-refractivity contribution < 1.29 is 9.66 Å². The van der Waals surface area contributed by atoms with Crippen LogP contribution in [0.5, 0.6) is 5.75 Å². The van der Waals surface area contributed by atoms with Gasteiger partial charge in [-0.1, -0.05) is 15.9 Å². The summed E-state index contributed by atoms with van der Waals surface area (Å²) in [5.41, 5.74) is 0.233. The van der Waals surface area contributed by atoms with E-state index in [2.05, 4.69) is 15.9 Å². The number of halogens is 1. The number of nitro groups is 1. The zero-order valence-corrected chi connectivity index (χ0v) is 11.1. The second-order valence-corrected chi connectivity index (χ2v) is 5.03. The number of nitro benzene ring substituents is 1. The molecule has 0 radical (unpaired) electrons. The van der Waals surface area contributed by atoms with Gasteiger partial charge >= 0.3 is 5.69 Å². The van der Waals surface area contributed by atoms with E-state index < -0.39 is 4.92 Å². The van der Waals surface area contributed by atoms with Crippen LogP contribution >= 0.6 is 15.9 Å². The molecule has 1 fully saturated rings. The molecule has 6 heteroatoms. The number of nitrogens with zero attached hydrogens (tertiary/aromatic N) is 2. The second-order valence-electron chi connectivity index (χ2n) is 4.47. The number of hydrogen-bond acceptors (Lipinski definition) is 4. The van der Waals surface area contributed by atoms with Gasteiger partial charge in [-0.3, -0.25) is 10.1 Å². The molecule has 5 nitrogen and oxygen atoms in total. The van der Waals surface area contributed by atoms with Crippen LogP contribution in [0.4, 0.5) is 5.69 Å². The van der Waals surface area contributed by atoms with Gasteiger partial charge in [0, 0.05) is 16.8 Å². The fourth-order valence-corrected chi connectivity index (χ4v) is 2.30. The predicted octanol–water partition coefficient (Wildman–Crippen LogP) is 3.02. The molecule has 0 N–H and O–H groups in total. The molecule has 2 rings (SSSR count). The maximum Gasteiger partial charge on any atom is 0.312 e. The smallest absolute Gasteiger partial charge is 0.312 e. The van der Waals surface area contributed by atoms with E-state index in [4.69, 9.17) is 10.00 Å². The highest BCUT2D eigenvalue weighted by Gasteiger charge is 2.42. The molecule has 0 heterocycles. The fraction of sp³-hybridized carbons (Fsp3) is 0.417. The molecule has 0 bridgehead atoms. The topological polar surface area (TPSA) is 76.2 Å². The lowest BCUT2D eigenvalue weighted by atomic mass is 10.1. The summed E-state index contributed by atoms with van der Waals surface area (Å²) >= 11 is 3.42.